The van der Waals surface area contributed by atoms with Crippen LogP contribution in [0, 0.1) is 0 Å². The fraction of sp³-hybridized carbons (Fsp3) is 0.941. The zero-order chi connectivity index (χ0) is 53.6. The van der Waals surface area contributed by atoms with Gasteiger partial charge in [0.2, 0.25) is 5.91 Å². The molecule has 0 saturated heterocycles. The van der Waals surface area contributed by atoms with Crippen molar-refractivity contribution in [2.45, 2.75) is 398 Å². The number of esters is 1. The van der Waals surface area contributed by atoms with Crippen molar-refractivity contribution < 1.29 is 24.5 Å². The highest BCUT2D eigenvalue weighted by molar-refractivity contribution is 5.76. The Morgan fingerprint density at radius 1 is 0.365 bits per heavy atom. The summed E-state index contributed by atoms with van der Waals surface area (Å²) in [4.78, 5) is 24.6. The van der Waals surface area contributed by atoms with Crippen LogP contribution in [0.5, 0.6) is 0 Å². The molecule has 0 spiro atoms. The minimum absolute atomic E-state index is 0.0177. The van der Waals surface area contributed by atoms with Gasteiger partial charge >= 0.3 is 5.97 Å². The monoisotopic (exact) mass is 1040 g/mol. The lowest BCUT2D eigenvalue weighted by Gasteiger charge is -2.22. The van der Waals surface area contributed by atoms with Crippen LogP contribution in [-0.4, -0.2) is 47.4 Å². The van der Waals surface area contributed by atoms with Crippen molar-refractivity contribution >= 4 is 11.9 Å². The molecule has 0 aliphatic carbocycles. The Hall–Kier alpha value is -1.40. The lowest BCUT2D eigenvalue weighted by Crippen LogP contribution is -2.45. The van der Waals surface area contributed by atoms with Gasteiger partial charge < -0.3 is 20.3 Å². The number of hydrogen-bond acceptors (Lipinski definition) is 5. The first-order valence-electron chi connectivity index (χ1n) is 33.9. The van der Waals surface area contributed by atoms with Crippen molar-refractivity contribution in [2.24, 2.45) is 0 Å². The second kappa shape index (κ2) is 64.1. The number of nitrogens with one attached hydrogen (secondary N) is 1. The average Bonchev–Trinajstić information content (AvgIpc) is 3.40. The van der Waals surface area contributed by atoms with Crippen LogP contribution in [0.1, 0.15) is 386 Å². The molecule has 6 nitrogen and oxygen atoms in total. The van der Waals surface area contributed by atoms with Gasteiger partial charge in [0.25, 0.3) is 0 Å². The van der Waals surface area contributed by atoms with Crippen LogP contribution in [0.2, 0.25) is 0 Å². The first-order valence-corrected chi connectivity index (χ1v) is 33.9. The molecule has 74 heavy (non-hydrogen) atoms. The quantitative estimate of drug-likeness (QED) is 0.0320. The average molecular weight is 1040 g/mol. The number of carbonyl (C=O) groups is 2. The van der Waals surface area contributed by atoms with E-state index in [0.717, 1.165) is 38.5 Å². The summed E-state index contributed by atoms with van der Waals surface area (Å²) in [5.74, 6) is -0.0133. The van der Waals surface area contributed by atoms with Crippen molar-refractivity contribution in [2.75, 3.05) is 13.2 Å². The topological polar surface area (TPSA) is 95.9 Å². The van der Waals surface area contributed by atoms with E-state index in [4.69, 9.17) is 4.74 Å². The van der Waals surface area contributed by atoms with Gasteiger partial charge in [0.15, 0.2) is 0 Å². The Balaban J connectivity index is 3.31. The van der Waals surface area contributed by atoms with Gasteiger partial charge in [-0.25, -0.2) is 0 Å². The highest BCUT2D eigenvalue weighted by Crippen LogP contribution is 2.19. The highest BCUT2D eigenvalue weighted by Gasteiger charge is 2.20. The zero-order valence-electron chi connectivity index (χ0n) is 50.4. The molecule has 0 aromatic heterocycles. The smallest absolute Gasteiger partial charge is 0.305 e. The SMILES string of the molecule is CCCCCCCC/C=C\CCCCCCCCCCCC(=O)OCCCCCCCCCCCCCCCCCCCCCCCCCCCCC(=O)NC(CO)C(O)CCCCCCCCCCCCCC. The van der Waals surface area contributed by atoms with Crippen molar-refractivity contribution in [1.82, 2.24) is 5.32 Å². The van der Waals surface area contributed by atoms with Crippen molar-refractivity contribution in [3.63, 3.8) is 0 Å². The first kappa shape index (κ1) is 72.6. The van der Waals surface area contributed by atoms with Gasteiger partial charge in [-0.3, -0.25) is 9.59 Å². The second-order valence-corrected chi connectivity index (χ2v) is 23.5. The molecule has 6 heteroatoms. The summed E-state index contributed by atoms with van der Waals surface area (Å²) in [6, 6.07) is -0.538. The molecule has 2 unspecified atom stereocenters. The van der Waals surface area contributed by atoms with Crippen LogP contribution in [0.3, 0.4) is 0 Å². The van der Waals surface area contributed by atoms with E-state index in [1.54, 1.807) is 0 Å². The lowest BCUT2D eigenvalue weighted by atomic mass is 10.0. The summed E-state index contributed by atoms with van der Waals surface area (Å²) < 4.78 is 5.51. The summed E-state index contributed by atoms with van der Waals surface area (Å²) in [6.45, 7) is 4.98. The molecule has 1 amide bonds. The molecule has 0 aliphatic rings. The van der Waals surface area contributed by atoms with Gasteiger partial charge in [-0.15, -0.1) is 0 Å². The van der Waals surface area contributed by atoms with Gasteiger partial charge in [-0.05, 0) is 51.4 Å². The van der Waals surface area contributed by atoms with E-state index in [9.17, 15) is 19.8 Å². The molecular weight excluding hydrogens is 911 g/mol. The maximum absolute atomic E-state index is 12.5. The van der Waals surface area contributed by atoms with Gasteiger partial charge in [-0.1, -0.05) is 334 Å². The van der Waals surface area contributed by atoms with Crippen molar-refractivity contribution in [3.05, 3.63) is 12.2 Å². The Labute approximate surface area is 463 Å². The first-order chi connectivity index (χ1) is 36.5. The Morgan fingerprint density at radius 3 is 0.959 bits per heavy atom. The third kappa shape index (κ3) is 59.8. The van der Waals surface area contributed by atoms with Crippen LogP contribution in [0.25, 0.3) is 0 Å². The maximum atomic E-state index is 12.5. The minimum Gasteiger partial charge on any atom is -0.466 e. The number of rotatable bonds is 64. The number of unbranched alkanes of at least 4 members (excludes halogenated alkanes) is 51. The normalized spacial score (nSPS) is 12.5. The molecule has 2 atom stereocenters. The Kier molecular flexibility index (Phi) is 62.9. The standard InChI is InChI=1S/C68H133NO5/c1-3-5-7-9-11-13-15-17-18-19-28-32-35-38-42-46-50-54-58-62-68(73)74-63-59-55-51-47-43-39-36-33-30-27-25-23-21-20-22-24-26-29-31-34-37-41-45-49-53-57-61-67(72)69-65(64-70)66(71)60-56-52-48-44-40-16-14-12-10-8-6-4-2/h17-18,65-66,70-71H,3-16,19-64H2,1-2H3,(H,69,72)/b18-17-. The molecule has 0 aliphatic heterocycles. The van der Waals surface area contributed by atoms with E-state index in [1.807, 2.05) is 0 Å². The van der Waals surface area contributed by atoms with Gasteiger partial charge in [-0.2, -0.15) is 0 Å². The molecule has 0 rings (SSSR count). The summed E-state index contributed by atoms with van der Waals surface area (Å²) in [6.07, 6.45) is 78.2. The number of allylic oxidation sites excluding steroid dienone is 2. The molecule has 0 aromatic rings. The van der Waals surface area contributed by atoms with Crippen molar-refractivity contribution in [3.8, 4) is 0 Å². The molecular formula is C68H133NO5. The number of hydrogen-bond donors (Lipinski definition) is 3. The maximum Gasteiger partial charge on any atom is 0.305 e. The lowest BCUT2D eigenvalue weighted by molar-refractivity contribution is -0.143. The predicted octanol–water partition coefficient (Wildman–Crippen LogP) is 21.6. The van der Waals surface area contributed by atoms with E-state index in [0.29, 0.717) is 25.9 Å². The van der Waals surface area contributed by atoms with E-state index >= 15 is 0 Å². The molecule has 0 aromatic carbocycles. The summed E-state index contributed by atoms with van der Waals surface area (Å²) in [5, 5.41) is 23.2. The minimum atomic E-state index is -0.661. The number of aliphatic hydroxyl groups excluding tert-OH is 2. The van der Waals surface area contributed by atoms with Gasteiger partial charge in [0.1, 0.15) is 0 Å². The molecule has 0 heterocycles. The molecule has 0 fully saturated rings. The molecule has 0 saturated carbocycles. The predicted molar refractivity (Wildman–Crippen MR) is 324 cm³/mol. The van der Waals surface area contributed by atoms with Crippen LogP contribution in [-0.2, 0) is 14.3 Å². The van der Waals surface area contributed by atoms with Gasteiger partial charge in [0, 0.05) is 12.8 Å². The number of ether oxygens (including phenoxy) is 1. The highest BCUT2D eigenvalue weighted by atomic mass is 16.5. The fourth-order valence-corrected chi connectivity index (χ4v) is 10.9. The summed E-state index contributed by atoms with van der Waals surface area (Å²) in [7, 11) is 0. The molecule has 0 bridgehead atoms. The third-order valence-electron chi connectivity index (χ3n) is 16.1. The fourth-order valence-electron chi connectivity index (χ4n) is 10.9. The van der Waals surface area contributed by atoms with Crippen molar-refractivity contribution in [1.29, 1.82) is 0 Å². The van der Waals surface area contributed by atoms with Crippen LogP contribution in [0.15, 0.2) is 12.2 Å². The third-order valence-corrected chi connectivity index (χ3v) is 16.1. The Morgan fingerprint density at radius 2 is 0.635 bits per heavy atom. The zero-order valence-corrected chi connectivity index (χ0v) is 50.4. The molecule has 440 valence electrons. The Bertz CT molecular complexity index is 1110. The second-order valence-electron chi connectivity index (χ2n) is 23.5. The van der Waals surface area contributed by atoms with E-state index in [2.05, 4.69) is 31.3 Å². The van der Waals surface area contributed by atoms with Crippen LogP contribution in [0.4, 0.5) is 0 Å². The molecule has 0 radical (unpaired) electrons. The van der Waals surface area contributed by atoms with Crippen LogP contribution >= 0.6 is 0 Å². The van der Waals surface area contributed by atoms with E-state index in [-0.39, 0.29) is 18.5 Å². The van der Waals surface area contributed by atoms with Gasteiger partial charge in [0.05, 0.1) is 25.4 Å². The number of amides is 1. The van der Waals surface area contributed by atoms with Crippen LogP contribution < -0.4 is 5.32 Å². The summed E-state index contributed by atoms with van der Waals surface area (Å²) >= 11 is 0. The largest absolute Gasteiger partial charge is 0.466 e. The molecule has 3 N–H and O–H groups in total. The van der Waals surface area contributed by atoms with E-state index in [1.165, 1.54) is 315 Å². The number of aliphatic hydroxyl groups is 2. The van der Waals surface area contributed by atoms with E-state index < -0.39 is 12.1 Å². The summed E-state index contributed by atoms with van der Waals surface area (Å²) in [5.41, 5.74) is 0. The number of carbonyl (C=O) groups excluding carboxylic acids is 2.